The van der Waals surface area contributed by atoms with E-state index in [1.165, 1.54) is 0 Å². The first-order valence-electron chi connectivity index (χ1n) is 6.07. The molecular formula is C13H8F3NO5. The third-order valence-electron chi connectivity index (χ3n) is 2.98. The van der Waals surface area contributed by atoms with Gasteiger partial charge in [-0.3, -0.25) is 0 Å². The number of carbonyl (C=O) groups is 1. The summed E-state index contributed by atoms with van der Waals surface area (Å²) < 4.78 is 54.5. The normalized spacial score (nSPS) is 14.0. The van der Waals surface area contributed by atoms with Gasteiger partial charge in [-0.25, -0.2) is 4.79 Å². The van der Waals surface area contributed by atoms with Crippen LogP contribution in [0.15, 0.2) is 22.7 Å². The lowest BCUT2D eigenvalue weighted by Crippen LogP contribution is -2.17. The van der Waals surface area contributed by atoms with Crippen LogP contribution in [0.4, 0.5) is 13.2 Å². The number of aromatic carboxylic acids is 1. The van der Waals surface area contributed by atoms with Crippen molar-refractivity contribution in [2.24, 2.45) is 0 Å². The van der Waals surface area contributed by atoms with Gasteiger partial charge in [0.15, 0.2) is 11.5 Å². The van der Waals surface area contributed by atoms with Crippen LogP contribution in [0, 0.1) is 0 Å². The zero-order valence-electron chi connectivity index (χ0n) is 10.8. The van der Waals surface area contributed by atoms with E-state index in [0.717, 1.165) is 18.2 Å². The van der Waals surface area contributed by atoms with Crippen LogP contribution in [0.5, 0.6) is 11.5 Å². The number of hydrogen-bond acceptors (Lipinski definition) is 5. The van der Waals surface area contributed by atoms with Crippen molar-refractivity contribution in [3.05, 3.63) is 29.5 Å². The van der Waals surface area contributed by atoms with Crippen LogP contribution in [0.3, 0.4) is 0 Å². The Labute approximate surface area is 121 Å². The van der Waals surface area contributed by atoms with E-state index in [1.54, 1.807) is 0 Å². The Balaban J connectivity index is 2.17. The Morgan fingerprint density at radius 3 is 2.32 bits per heavy atom. The van der Waals surface area contributed by atoms with Crippen LogP contribution in [-0.4, -0.2) is 29.4 Å². The van der Waals surface area contributed by atoms with Crippen molar-refractivity contribution >= 4 is 5.97 Å². The Hall–Kier alpha value is -2.71. The van der Waals surface area contributed by atoms with Crippen molar-refractivity contribution in [3.8, 4) is 22.8 Å². The van der Waals surface area contributed by atoms with Crippen molar-refractivity contribution in [1.29, 1.82) is 0 Å². The Morgan fingerprint density at radius 1 is 1.14 bits per heavy atom. The monoisotopic (exact) mass is 315 g/mol. The average Bonchev–Trinajstić information content (AvgIpc) is 2.95. The van der Waals surface area contributed by atoms with Gasteiger partial charge in [-0.1, -0.05) is 5.16 Å². The molecular weight excluding hydrogens is 307 g/mol. The second-order valence-electron chi connectivity index (χ2n) is 4.42. The second-order valence-corrected chi connectivity index (χ2v) is 4.42. The first kappa shape index (κ1) is 14.2. The maximum atomic E-state index is 13.2. The highest BCUT2D eigenvalue weighted by atomic mass is 19.4. The molecule has 0 amide bonds. The lowest BCUT2D eigenvalue weighted by atomic mass is 10.0. The Bertz CT molecular complexity index is 738. The Kier molecular flexibility index (Phi) is 3.19. The SMILES string of the molecule is O=C(O)c1cc(-c2cc3c(cc2C(F)(F)F)OCCO3)no1. The molecule has 0 saturated carbocycles. The van der Waals surface area contributed by atoms with E-state index in [0.29, 0.717) is 0 Å². The van der Waals surface area contributed by atoms with Crippen LogP contribution in [-0.2, 0) is 6.18 Å². The predicted molar refractivity (Wildman–Crippen MR) is 64.9 cm³/mol. The first-order chi connectivity index (χ1) is 10.4. The van der Waals surface area contributed by atoms with Crippen molar-refractivity contribution in [2.45, 2.75) is 6.18 Å². The Morgan fingerprint density at radius 2 is 1.77 bits per heavy atom. The number of carboxylic acid groups (broad SMARTS) is 1. The maximum Gasteiger partial charge on any atom is 0.417 e. The summed E-state index contributed by atoms with van der Waals surface area (Å²) in [5, 5.41) is 12.1. The van der Waals surface area contributed by atoms with Crippen LogP contribution in [0.25, 0.3) is 11.3 Å². The molecule has 0 aliphatic carbocycles. The molecule has 116 valence electrons. The fourth-order valence-corrected chi connectivity index (χ4v) is 2.04. The molecule has 22 heavy (non-hydrogen) atoms. The topological polar surface area (TPSA) is 81.8 Å². The summed E-state index contributed by atoms with van der Waals surface area (Å²) in [6.45, 7) is 0.355. The molecule has 0 unspecified atom stereocenters. The third kappa shape index (κ3) is 2.45. The predicted octanol–water partition coefficient (Wildman–Crippen LogP) is 2.83. The number of rotatable bonds is 2. The third-order valence-corrected chi connectivity index (χ3v) is 2.98. The summed E-state index contributed by atoms with van der Waals surface area (Å²) in [6, 6.07) is 2.84. The van der Waals surface area contributed by atoms with Crippen LogP contribution >= 0.6 is 0 Å². The smallest absolute Gasteiger partial charge is 0.417 e. The van der Waals surface area contributed by atoms with Gasteiger partial charge in [0.25, 0.3) is 0 Å². The van der Waals surface area contributed by atoms with E-state index in [4.69, 9.17) is 14.6 Å². The summed E-state index contributed by atoms with van der Waals surface area (Å²) in [7, 11) is 0. The highest BCUT2D eigenvalue weighted by Gasteiger charge is 2.36. The lowest BCUT2D eigenvalue weighted by Gasteiger charge is -2.21. The molecule has 0 radical (unpaired) electrons. The van der Waals surface area contributed by atoms with Gasteiger partial charge in [-0.2, -0.15) is 13.2 Å². The summed E-state index contributed by atoms with van der Waals surface area (Å²) >= 11 is 0. The molecule has 2 heterocycles. The molecule has 3 rings (SSSR count). The number of hydrogen-bond donors (Lipinski definition) is 1. The van der Waals surface area contributed by atoms with Gasteiger partial charge in [0.1, 0.15) is 18.9 Å². The molecule has 1 N–H and O–H groups in total. The summed E-state index contributed by atoms with van der Waals surface area (Å²) in [5.41, 5.74) is -1.60. The molecule has 1 aliphatic rings. The number of carboxylic acids is 1. The quantitative estimate of drug-likeness (QED) is 0.917. The molecule has 1 aromatic heterocycles. The minimum atomic E-state index is -4.67. The minimum Gasteiger partial charge on any atom is -0.486 e. The molecule has 1 aliphatic heterocycles. The molecule has 6 nitrogen and oxygen atoms in total. The summed E-state index contributed by atoms with van der Waals surface area (Å²) in [5.74, 6) is -1.87. The van der Waals surface area contributed by atoms with Gasteiger partial charge in [-0.15, -0.1) is 0 Å². The van der Waals surface area contributed by atoms with Gasteiger partial charge in [-0.05, 0) is 12.1 Å². The molecule has 0 saturated heterocycles. The number of ether oxygens (including phenoxy) is 2. The lowest BCUT2D eigenvalue weighted by molar-refractivity contribution is -0.137. The molecule has 0 spiro atoms. The zero-order chi connectivity index (χ0) is 15.9. The van der Waals surface area contributed by atoms with Crippen LogP contribution in [0.1, 0.15) is 16.1 Å². The van der Waals surface area contributed by atoms with Gasteiger partial charge >= 0.3 is 12.1 Å². The first-order valence-corrected chi connectivity index (χ1v) is 6.07. The van der Waals surface area contributed by atoms with E-state index in [2.05, 4.69) is 9.68 Å². The maximum absolute atomic E-state index is 13.2. The van der Waals surface area contributed by atoms with Crippen LogP contribution in [0.2, 0.25) is 0 Å². The number of alkyl halides is 3. The van der Waals surface area contributed by atoms with Gasteiger partial charge in [0.05, 0.1) is 5.56 Å². The molecule has 9 heteroatoms. The van der Waals surface area contributed by atoms with Gasteiger partial charge in [0, 0.05) is 11.6 Å². The molecule has 0 fully saturated rings. The second kappa shape index (κ2) is 4.93. The van der Waals surface area contributed by atoms with E-state index in [1.807, 2.05) is 0 Å². The van der Waals surface area contributed by atoms with Crippen molar-refractivity contribution in [2.75, 3.05) is 13.2 Å². The number of benzene rings is 1. The molecule has 0 atom stereocenters. The highest BCUT2D eigenvalue weighted by molar-refractivity contribution is 5.86. The number of halogens is 3. The van der Waals surface area contributed by atoms with E-state index in [-0.39, 0.29) is 36.0 Å². The average molecular weight is 315 g/mol. The summed E-state index contributed by atoms with van der Waals surface area (Å²) in [4.78, 5) is 10.8. The van der Waals surface area contributed by atoms with E-state index >= 15 is 0 Å². The standard InChI is InChI=1S/C13H8F3NO5/c14-13(15,16)7-4-10-9(20-1-2-21-10)3-6(7)8-5-11(12(18)19)22-17-8/h3-5H,1-2H2,(H,18,19). The molecule has 2 aromatic rings. The fourth-order valence-electron chi connectivity index (χ4n) is 2.04. The van der Waals surface area contributed by atoms with Gasteiger partial charge in [0.2, 0.25) is 5.76 Å². The van der Waals surface area contributed by atoms with E-state index < -0.39 is 23.5 Å². The van der Waals surface area contributed by atoms with Crippen molar-refractivity contribution in [1.82, 2.24) is 5.16 Å². The number of nitrogens with zero attached hydrogens (tertiary/aromatic N) is 1. The zero-order valence-corrected chi connectivity index (χ0v) is 10.8. The largest absolute Gasteiger partial charge is 0.486 e. The number of fused-ring (bicyclic) bond motifs is 1. The number of aromatic nitrogens is 1. The van der Waals surface area contributed by atoms with E-state index in [9.17, 15) is 18.0 Å². The highest BCUT2D eigenvalue weighted by Crippen LogP contribution is 2.43. The van der Waals surface area contributed by atoms with Gasteiger partial charge < -0.3 is 19.1 Å². The molecule has 1 aromatic carbocycles. The van der Waals surface area contributed by atoms with Crippen molar-refractivity contribution < 1.29 is 37.1 Å². The molecule has 0 bridgehead atoms. The minimum absolute atomic E-state index is 0.0238. The summed E-state index contributed by atoms with van der Waals surface area (Å²) in [6.07, 6.45) is -4.67. The fraction of sp³-hybridized carbons (Fsp3) is 0.231. The van der Waals surface area contributed by atoms with Crippen LogP contribution < -0.4 is 9.47 Å². The van der Waals surface area contributed by atoms with Crippen molar-refractivity contribution in [3.63, 3.8) is 0 Å².